The number of hydrogen-bond acceptors (Lipinski definition) is 16. The predicted molar refractivity (Wildman–Crippen MR) is 245 cm³/mol. The molecule has 0 aromatic heterocycles. The van der Waals surface area contributed by atoms with Crippen LogP contribution in [0, 0.1) is 17.8 Å². The molecule has 0 unspecified atom stereocenters. The van der Waals surface area contributed by atoms with E-state index in [1.54, 1.807) is 41.7 Å². The molecule has 16 heteroatoms. The van der Waals surface area contributed by atoms with Crippen molar-refractivity contribution in [2.24, 2.45) is 17.8 Å². The molecule has 6 N–H and O–H groups in total. The third kappa shape index (κ3) is 12.9. The van der Waals surface area contributed by atoms with Crippen LogP contribution in [0.4, 0.5) is 0 Å². The maximum atomic E-state index is 14.6. The van der Waals surface area contributed by atoms with Gasteiger partial charge in [-0.1, -0.05) is 39.0 Å². The van der Waals surface area contributed by atoms with E-state index in [0.717, 1.165) is 6.54 Å². The minimum Gasteiger partial charge on any atom is -0.483 e. The summed E-state index contributed by atoms with van der Waals surface area (Å²) in [4.78, 5) is 18.7. The maximum absolute atomic E-state index is 14.6. The zero-order valence-electron chi connectivity index (χ0n) is 41.6. The molecule has 3 aliphatic heterocycles. The zero-order valence-corrected chi connectivity index (χ0v) is 41.6. The number of para-hydroxylation sites is 1. The summed E-state index contributed by atoms with van der Waals surface area (Å²) in [7, 11) is 9.39. The Bertz CT molecular complexity index is 1580. The fourth-order valence-electron chi connectivity index (χ4n) is 10.2. The number of cyclic esters (lactones) is 1. The summed E-state index contributed by atoms with van der Waals surface area (Å²) in [6.07, 6.45) is -6.92. The van der Waals surface area contributed by atoms with Crippen molar-refractivity contribution >= 4 is 5.97 Å². The van der Waals surface area contributed by atoms with Gasteiger partial charge in [0.05, 0.1) is 42.0 Å². The first kappa shape index (κ1) is 54.6. The van der Waals surface area contributed by atoms with Crippen molar-refractivity contribution in [3.05, 3.63) is 30.3 Å². The van der Waals surface area contributed by atoms with Crippen molar-refractivity contribution in [2.75, 3.05) is 61.5 Å². The Morgan fingerprint density at radius 3 is 2.17 bits per heavy atom. The normalized spacial score (nSPS) is 43.4. The first-order valence-electron chi connectivity index (χ1n) is 23.5. The predicted octanol–water partition coefficient (Wildman–Crippen LogP) is 3.17. The lowest BCUT2D eigenvalue weighted by atomic mass is 9.75. The van der Waals surface area contributed by atoms with Crippen LogP contribution in [0.15, 0.2) is 30.3 Å². The topological polar surface area (TPSA) is 193 Å². The molecule has 1 aromatic rings. The second-order valence-corrected chi connectivity index (χ2v) is 20.3. The second-order valence-electron chi connectivity index (χ2n) is 20.3. The molecule has 0 spiro atoms. The van der Waals surface area contributed by atoms with Gasteiger partial charge in [0.25, 0.3) is 0 Å². The maximum Gasteiger partial charge on any atom is 0.311 e. The summed E-state index contributed by atoms with van der Waals surface area (Å²) in [6, 6.07) is 8.66. The summed E-state index contributed by atoms with van der Waals surface area (Å²) in [5, 5.41) is 55.4. The van der Waals surface area contributed by atoms with E-state index in [-0.39, 0.29) is 43.9 Å². The van der Waals surface area contributed by atoms with Crippen molar-refractivity contribution in [1.82, 2.24) is 20.4 Å². The number of aliphatic hydroxyl groups is 4. The second kappa shape index (κ2) is 22.8. The van der Waals surface area contributed by atoms with Gasteiger partial charge in [0.15, 0.2) is 18.7 Å². The molecule has 64 heavy (non-hydrogen) atoms. The molecule has 3 heterocycles. The minimum atomic E-state index is -1.82. The number of benzene rings is 1. The summed E-state index contributed by atoms with van der Waals surface area (Å²) in [5.74, 6) is -2.01. The van der Waals surface area contributed by atoms with Gasteiger partial charge in [-0.25, -0.2) is 0 Å². The summed E-state index contributed by atoms with van der Waals surface area (Å²) < 4.78 is 46.2. The van der Waals surface area contributed by atoms with Crippen LogP contribution in [-0.2, 0) is 33.2 Å². The SMILES string of the molecule is CC[C@H]1OC(=O)[C@H](C)[C@@H](O[C@H]2C[C@@](C)(OC)[C@](O)(CN(C)CCN(C)C)[C@H](C)O2)[C@H](C)[C@@H](O[C@@H]2O[C@H](C)C[C@H](NC)[C@H]2Oc2ccccc2)[C@](C)(O)C[C@@H](C)CN[C@H](C)[C@@H](O)[C@]1(C)O. The van der Waals surface area contributed by atoms with Gasteiger partial charge in [0.1, 0.15) is 34.8 Å². The number of carbonyl (C=O) groups is 1. The van der Waals surface area contributed by atoms with Gasteiger partial charge in [-0.15, -0.1) is 0 Å². The zero-order chi connectivity index (χ0) is 47.9. The number of esters is 1. The number of nitrogens with one attached hydrogen (secondary N) is 2. The van der Waals surface area contributed by atoms with E-state index in [1.807, 2.05) is 86.2 Å². The molecule has 1 aromatic carbocycles. The molecule has 18 atom stereocenters. The molecule has 3 aliphatic rings. The van der Waals surface area contributed by atoms with Gasteiger partial charge in [-0.2, -0.15) is 0 Å². The number of aliphatic hydroxyl groups excluding tert-OH is 1. The van der Waals surface area contributed by atoms with Crippen LogP contribution in [0.3, 0.4) is 0 Å². The van der Waals surface area contributed by atoms with Gasteiger partial charge in [-0.05, 0) is 121 Å². The molecule has 0 bridgehead atoms. The molecule has 0 amide bonds. The van der Waals surface area contributed by atoms with Crippen molar-refractivity contribution in [1.29, 1.82) is 0 Å². The van der Waals surface area contributed by atoms with Gasteiger partial charge in [0.2, 0.25) is 0 Å². The lowest BCUT2D eigenvalue weighted by Gasteiger charge is -2.54. The molecular formula is C48H86N4O12. The quantitative estimate of drug-likeness (QED) is 0.149. The lowest BCUT2D eigenvalue weighted by Crippen LogP contribution is -2.70. The highest BCUT2D eigenvalue weighted by Gasteiger charge is 2.59. The Morgan fingerprint density at radius 1 is 0.922 bits per heavy atom. The Labute approximate surface area is 383 Å². The van der Waals surface area contributed by atoms with Crippen molar-refractivity contribution < 1.29 is 58.4 Å². The van der Waals surface area contributed by atoms with Crippen molar-refractivity contribution in [2.45, 2.75) is 185 Å². The van der Waals surface area contributed by atoms with Crippen LogP contribution in [0.2, 0.25) is 0 Å². The number of nitrogens with zero attached hydrogens (tertiary/aromatic N) is 2. The standard InChI is InChI=1S/C48H86N4O12/c1-16-37-47(10,56)41(53)33(6)50-27-29(2)25-45(8,55)42(64-44-40(36(49-11)24-30(3)59-44)61-35-20-18-17-19-21-35)31(4)39(32(5)43(54)62-37)63-38-26-46(9,58-15)48(57,34(7)60-38)28-52(14)23-22-51(12)13/h17-21,29-34,36-42,44,49-50,53,55-57H,16,22-28H2,1-15H3/t29-,30-,31+,32-,33-,34+,36+,37-,38+,39+,40-,41-,42-,44+,45-,46-,47-,48+/m1/s1. The Balaban J connectivity index is 1.83. The number of carbonyl (C=O) groups excluding carboxylic acids is 1. The number of likely N-dealkylation sites (N-methyl/N-ethyl adjacent to an activating group) is 3. The first-order chi connectivity index (χ1) is 29.8. The van der Waals surface area contributed by atoms with Crippen molar-refractivity contribution in [3.63, 3.8) is 0 Å². The molecule has 0 radical (unpaired) electrons. The van der Waals surface area contributed by atoms with Crippen LogP contribution in [0.1, 0.15) is 94.9 Å². The van der Waals surface area contributed by atoms with E-state index in [2.05, 4.69) is 20.4 Å². The minimum absolute atomic E-state index is 0.0952. The first-order valence-corrected chi connectivity index (χ1v) is 23.5. The van der Waals surface area contributed by atoms with E-state index < -0.39 is 95.5 Å². The molecule has 4 rings (SSSR count). The number of ether oxygens (including phenoxy) is 7. The van der Waals surface area contributed by atoms with E-state index in [1.165, 1.54) is 6.92 Å². The molecule has 16 nitrogen and oxygen atoms in total. The monoisotopic (exact) mass is 911 g/mol. The smallest absolute Gasteiger partial charge is 0.311 e. The lowest BCUT2D eigenvalue weighted by molar-refractivity contribution is -0.338. The van der Waals surface area contributed by atoms with Crippen LogP contribution >= 0.6 is 0 Å². The number of rotatable bonds is 14. The van der Waals surface area contributed by atoms with Crippen molar-refractivity contribution in [3.8, 4) is 5.75 Å². The van der Waals surface area contributed by atoms with Gasteiger partial charge < -0.3 is 74.0 Å². The van der Waals surface area contributed by atoms with Gasteiger partial charge >= 0.3 is 5.97 Å². The fourth-order valence-corrected chi connectivity index (χ4v) is 10.2. The largest absolute Gasteiger partial charge is 0.483 e. The molecule has 3 saturated heterocycles. The van der Waals surface area contributed by atoms with Crippen LogP contribution in [-0.4, -0.2) is 187 Å². The Morgan fingerprint density at radius 2 is 1.58 bits per heavy atom. The molecular weight excluding hydrogens is 825 g/mol. The van der Waals surface area contributed by atoms with E-state index in [9.17, 15) is 25.2 Å². The third-order valence-electron chi connectivity index (χ3n) is 14.4. The summed E-state index contributed by atoms with van der Waals surface area (Å²) >= 11 is 0. The van der Waals surface area contributed by atoms with Gasteiger partial charge in [-0.3, -0.25) is 4.79 Å². The third-order valence-corrected chi connectivity index (χ3v) is 14.4. The molecule has 370 valence electrons. The highest BCUT2D eigenvalue weighted by Crippen LogP contribution is 2.44. The molecule has 0 saturated carbocycles. The summed E-state index contributed by atoms with van der Waals surface area (Å²) in [6.45, 7) is 20.1. The number of hydrogen-bond donors (Lipinski definition) is 6. The fraction of sp³-hybridized carbons (Fsp3) is 0.854. The Hall–Kier alpha value is -2.03. The highest BCUT2D eigenvalue weighted by molar-refractivity contribution is 5.73. The van der Waals surface area contributed by atoms with Crippen LogP contribution in [0.5, 0.6) is 5.75 Å². The molecule has 0 aliphatic carbocycles. The Kier molecular flexibility index (Phi) is 19.5. The van der Waals surface area contributed by atoms with Gasteiger partial charge in [0, 0.05) is 45.1 Å². The number of methoxy groups -OCH3 is 1. The highest BCUT2D eigenvalue weighted by atomic mass is 16.7. The van der Waals surface area contributed by atoms with E-state index in [4.69, 9.17) is 33.2 Å². The molecule has 3 fully saturated rings. The van der Waals surface area contributed by atoms with E-state index >= 15 is 0 Å². The van der Waals surface area contributed by atoms with Crippen LogP contribution in [0.25, 0.3) is 0 Å². The average Bonchev–Trinajstić information content (AvgIpc) is 3.23. The van der Waals surface area contributed by atoms with E-state index in [0.29, 0.717) is 25.3 Å². The average molecular weight is 911 g/mol. The van der Waals surface area contributed by atoms with Crippen LogP contribution < -0.4 is 15.4 Å². The summed E-state index contributed by atoms with van der Waals surface area (Å²) in [5.41, 5.74) is -6.00.